The van der Waals surface area contributed by atoms with Crippen molar-refractivity contribution in [3.8, 4) is 17.0 Å². The number of thiazole rings is 1. The fourth-order valence-corrected chi connectivity index (χ4v) is 5.41. The van der Waals surface area contributed by atoms with E-state index in [1.165, 1.54) is 36.5 Å². The molecule has 2 N–H and O–H groups in total. The van der Waals surface area contributed by atoms with E-state index in [0.717, 1.165) is 30.4 Å². The van der Waals surface area contributed by atoms with Crippen LogP contribution in [-0.2, 0) is 9.53 Å². The number of carbonyl (C=O) groups is 2. The van der Waals surface area contributed by atoms with Gasteiger partial charge in [0.2, 0.25) is 0 Å². The Labute approximate surface area is 242 Å². The van der Waals surface area contributed by atoms with Gasteiger partial charge in [0, 0.05) is 40.3 Å². The Bertz CT molecular complexity index is 1350. The molecule has 1 heterocycles. The average Bonchev–Trinajstić information content (AvgIpc) is 3.36. The molecule has 0 aliphatic rings. The van der Waals surface area contributed by atoms with Gasteiger partial charge in [0.1, 0.15) is 5.75 Å². The lowest BCUT2D eigenvalue weighted by atomic mass is 9.97. The summed E-state index contributed by atoms with van der Waals surface area (Å²) in [6, 6.07) is 8.76. The van der Waals surface area contributed by atoms with Gasteiger partial charge in [-0.15, -0.1) is 11.3 Å². The Kier molecular flexibility index (Phi) is 10.9. The summed E-state index contributed by atoms with van der Waals surface area (Å²) in [4.78, 5) is 28.7. The molecule has 0 aliphatic carbocycles. The highest BCUT2D eigenvalue weighted by Gasteiger charge is 2.21. The summed E-state index contributed by atoms with van der Waals surface area (Å²) in [7, 11) is 3.33. The summed E-state index contributed by atoms with van der Waals surface area (Å²) in [6.45, 7) is 5.85. The summed E-state index contributed by atoms with van der Waals surface area (Å²) in [5.74, 6) is -0.219. The number of carboxylic acids is 1. The SMILES string of the molecule is COc1c(-c2csc(NC(=O)c3cc(Cl)c(C=C(C)C(=O)O)c(Cl)c3)n2)cccc1C(CCCC(C)C)OC. The third-order valence-electron chi connectivity index (χ3n) is 6.17. The van der Waals surface area contributed by atoms with Crippen LogP contribution in [0.5, 0.6) is 5.75 Å². The number of nitrogens with zero attached hydrogens (tertiary/aromatic N) is 1. The molecule has 1 aromatic heterocycles. The highest BCUT2D eigenvalue weighted by Crippen LogP contribution is 2.40. The van der Waals surface area contributed by atoms with Crippen molar-refractivity contribution in [1.82, 2.24) is 4.98 Å². The topological polar surface area (TPSA) is 97.8 Å². The number of ether oxygens (including phenoxy) is 2. The second-order valence-corrected chi connectivity index (χ2v) is 11.1. The molecule has 0 spiro atoms. The van der Waals surface area contributed by atoms with Crippen molar-refractivity contribution in [2.45, 2.75) is 46.1 Å². The molecule has 208 valence electrons. The van der Waals surface area contributed by atoms with Gasteiger partial charge >= 0.3 is 5.97 Å². The number of anilines is 1. The number of para-hydroxylation sites is 1. The molecular weight excluding hydrogens is 559 g/mol. The normalized spacial score (nSPS) is 12.5. The van der Waals surface area contributed by atoms with Gasteiger partial charge in [-0.05, 0) is 43.5 Å². The van der Waals surface area contributed by atoms with Crippen LogP contribution in [0.4, 0.5) is 5.13 Å². The van der Waals surface area contributed by atoms with Crippen LogP contribution in [-0.4, -0.2) is 36.2 Å². The lowest BCUT2D eigenvalue weighted by molar-refractivity contribution is -0.132. The molecule has 0 aliphatic heterocycles. The summed E-state index contributed by atoms with van der Waals surface area (Å²) >= 11 is 13.9. The van der Waals surface area contributed by atoms with E-state index < -0.39 is 11.9 Å². The molecule has 10 heteroatoms. The van der Waals surface area contributed by atoms with Crippen molar-refractivity contribution in [2.24, 2.45) is 5.92 Å². The van der Waals surface area contributed by atoms with Crippen molar-refractivity contribution < 1.29 is 24.2 Å². The number of carbonyl (C=O) groups excluding carboxylic acids is 1. The molecule has 0 saturated heterocycles. The van der Waals surface area contributed by atoms with Crippen molar-refractivity contribution in [3.05, 3.63) is 68.0 Å². The quantitative estimate of drug-likeness (QED) is 0.205. The maximum Gasteiger partial charge on any atom is 0.331 e. The zero-order chi connectivity index (χ0) is 28.7. The molecule has 0 fully saturated rings. The molecule has 1 unspecified atom stereocenters. The van der Waals surface area contributed by atoms with Crippen LogP contribution in [0.2, 0.25) is 10.0 Å². The molecule has 1 amide bonds. The van der Waals surface area contributed by atoms with Gasteiger partial charge in [0.15, 0.2) is 5.13 Å². The van der Waals surface area contributed by atoms with Crippen LogP contribution < -0.4 is 10.1 Å². The van der Waals surface area contributed by atoms with Crippen LogP contribution in [0.3, 0.4) is 0 Å². The first-order valence-corrected chi connectivity index (χ1v) is 14.1. The molecule has 3 aromatic rings. The zero-order valence-electron chi connectivity index (χ0n) is 22.5. The van der Waals surface area contributed by atoms with E-state index in [2.05, 4.69) is 24.1 Å². The van der Waals surface area contributed by atoms with Crippen LogP contribution in [0.1, 0.15) is 67.6 Å². The highest BCUT2D eigenvalue weighted by molar-refractivity contribution is 7.14. The Morgan fingerprint density at radius 2 is 1.85 bits per heavy atom. The van der Waals surface area contributed by atoms with E-state index in [9.17, 15) is 9.59 Å². The van der Waals surface area contributed by atoms with E-state index in [-0.39, 0.29) is 27.3 Å². The number of hydrogen-bond acceptors (Lipinski definition) is 6. The predicted molar refractivity (Wildman–Crippen MR) is 158 cm³/mol. The minimum Gasteiger partial charge on any atom is -0.496 e. The molecule has 0 saturated carbocycles. The lowest BCUT2D eigenvalue weighted by Gasteiger charge is -2.20. The largest absolute Gasteiger partial charge is 0.496 e. The average molecular weight is 592 g/mol. The van der Waals surface area contributed by atoms with Crippen molar-refractivity contribution in [2.75, 3.05) is 19.5 Å². The van der Waals surface area contributed by atoms with Gasteiger partial charge in [0.25, 0.3) is 5.91 Å². The van der Waals surface area contributed by atoms with E-state index in [1.807, 2.05) is 23.6 Å². The number of methoxy groups -OCH3 is 2. The van der Waals surface area contributed by atoms with Gasteiger partial charge in [0.05, 0.1) is 29.0 Å². The fourth-order valence-electron chi connectivity index (χ4n) is 4.11. The number of aromatic nitrogens is 1. The van der Waals surface area contributed by atoms with Crippen LogP contribution in [0.25, 0.3) is 17.3 Å². The molecule has 7 nitrogen and oxygen atoms in total. The second-order valence-electron chi connectivity index (χ2n) is 9.46. The van der Waals surface area contributed by atoms with Gasteiger partial charge in [-0.3, -0.25) is 10.1 Å². The first kappa shape index (κ1) is 30.6. The number of carboxylic acid groups (broad SMARTS) is 1. The Morgan fingerprint density at radius 1 is 1.15 bits per heavy atom. The molecule has 3 rings (SSSR count). The van der Waals surface area contributed by atoms with Crippen LogP contribution >= 0.6 is 34.5 Å². The number of benzene rings is 2. The lowest BCUT2D eigenvalue weighted by Crippen LogP contribution is -2.12. The Hall–Kier alpha value is -2.91. The van der Waals surface area contributed by atoms with Gasteiger partial charge < -0.3 is 14.6 Å². The number of amides is 1. The Balaban J connectivity index is 1.83. The minimum atomic E-state index is -1.09. The van der Waals surface area contributed by atoms with Crippen LogP contribution in [0.15, 0.2) is 41.3 Å². The molecular formula is C29H32Cl2N2O5S. The summed E-state index contributed by atoms with van der Waals surface area (Å²) in [6.07, 6.45) is 4.29. The summed E-state index contributed by atoms with van der Waals surface area (Å²) in [5.41, 5.74) is 3.03. The number of aliphatic carboxylic acids is 1. The van der Waals surface area contributed by atoms with E-state index in [1.54, 1.807) is 14.2 Å². The van der Waals surface area contributed by atoms with Gasteiger partial charge in [-0.2, -0.15) is 0 Å². The van der Waals surface area contributed by atoms with E-state index in [4.69, 9.17) is 37.8 Å². The van der Waals surface area contributed by atoms with Crippen molar-refractivity contribution >= 4 is 57.6 Å². The third kappa shape index (κ3) is 7.82. The van der Waals surface area contributed by atoms with E-state index >= 15 is 0 Å². The first-order chi connectivity index (χ1) is 18.5. The number of hydrogen-bond donors (Lipinski definition) is 2. The number of nitrogens with one attached hydrogen (secondary N) is 1. The smallest absolute Gasteiger partial charge is 0.331 e. The van der Waals surface area contributed by atoms with Gasteiger partial charge in [-0.25, -0.2) is 9.78 Å². The second kappa shape index (κ2) is 13.9. The summed E-state index contributed by atoms with van der Waals surface area (Å²) in [5, 5.41) is 14.5. The molecule has 1 atom stereocenters. The molecule has 39 heavy (non-hydrogen) atoms. The van der Waals surface area contributed by atoms with E-state index in [0.29, 0.717) is 28.1 Å². The Morgan fingerprint density at radius 3 is 2.44 bits per heavy atom. The highest BCUT2D eigenvalue weighted by atomic mass is 35.5. The fraction of sp³-hybridized carbons (Fsp3) is 0.345. The molecule has 2 aromatic carbocycles. The molecule has 0 radical (unpaired) electrons. The minimum absolute atomic E-state index is 0.0678. The van der Waals surface area contributed by atoms with Gasteiger partial charge in [-0.1, -0.05) is 62.0 Å². The zero-order valence-corrected chi connectivity index (χ0v) is 24.8. The molecule has 0 bridgehead atoms. The third-order valence-corrected chi connectivity index (χ3v) is 7.55. The number of halogens is 2. The predicted octanol–water partition coefficient (Wildman–Crippen LogP) is 8.38. The van der Waals surface area contributed by atoms with Crippen molar-refractivity contribution in [3.63, 3.8) is 0 Å². The number of rotatable bonds is 12. The first-order valence-electron chi connectivity index (χ1n) is 12.4. The van der Waals surface area contributed by atoms with Crippen LogP contribution in [0, 0.1) is 5.92 Å². The van der Waals surface area contributed by atoms with Crippen molar-refractivity contribution in [1.29, 1.82) is 0 Å². The standard InChI is InChI=1S/C29H32Cl2N2O5S/c1-16(2)8-6-11-25(37-4)20-10-7-9-19(26(20)38-5)24-15-39-29(32-24)33-27(34)18-13-22(30)21(23(31)14-18)12-17(3)28(35)36/h7,9-10,12-16,25H,6,8,11H2,1-5H3,(H,35,36)(H,32,33,34). The maximum absolute atomic E-state index is 12.9. The monoisotopic (exact) mass is 590 g/mol. The summed E-state index contributed by atoms with van der Waals surface area (Å²) < 4.78 is 11.6. The maximum atomic E-state index is 12.9.